The molecule has 2 aromatic rings. The van der Waals surface area contributed by atoms with Gasteiger partial charge in [0.1, 0.15) is 0 Å². The van der Waals surface area contributed by atoms with Crippen molar-refractivity contribution >= 4 is 21.6 Å². The number of para-hydroxylation sites is 1. The summed E-state index contributed by atoms with van der Waals surface area (Å²) in [4.78, 5) is 14.4. The molecule has 1 fully saturated rings. The number of nitrogens with zero attached hydrogens (tertiary/aromatic N) is 2. The quantitative estimate of drug-likeness (QED) is 0.822. The highest BCUT2D eigenvalue weighted by molar-refractivity contribution is 7.89. The van der Waals surface area contributed by atoms with Crippen molar-refractivity contribution in [1.82, 2.24) is 9.62 Å². The molecule has 1 amide bonds. The third-order valence-corrected chi connectivity index (χ3v) is 6.66. The molecule has 0 saturated carbocycles. The molecule has 144 valence electrons. The van der Waals surface area contributed by atoms with Crippen molar-refractivity contribution < 1.29 is 13.2 Å². The number of amides is 1. The number of hydrogen-bond donors (Lipinski definition) is 1. The standard InChI is InChI=1S/C20H25N3O3S/c1-17-7-5-6-10-19(17)20(24)21-11-16-27(25,26)23-14-12-22(13-15-23)18-8-3-2-4-9-18/h2-10H,11-16H2,1H3,(H,21,24). The summed E-state index contributed by atoms with van der Waals surface area (Å²) in [6.07, 6.45) is 0. The van der Waals surface area contributed by atoms with Crippen LogP contribution in [0.25, 0.3) is 0 Å². The van der Waals surface area contributed by atoms with Crippen molar-refractivity contribution in [2.75, 3.05) is 43.4 Å². The minimum absolute atomic E-state index is 0.0873. The van der Waals surface area contributed by atoms with Crippen LogP contribution in [0.5, 0.6) is 0 Å². The molecule has 7 heteroatoms. The molecular weight excluding hydrogens is 362 g/mol. The molecule has 27 heavy (non-hydrogen) atoms. The zero-order valence-corrected chi connectivity index (χ0v) is 16.3. The van der Waals surface area contributed by atoms with Gasteiger partial charge in [-0.05, 0) is 30.7 Å². The van der Waals surface area contributed by atoms with Crippen LogP contribution in [0.15, 0.2) is 54.6 Å². The Hall–Kier alpha value is -2.38. The number of sulfonamides is 1. The van der Waals surface area contributed by atoms with E-state index < -0.39 is 10.0 Å². The summed E-state index contributed by atoms with van der Waals surface area (Å²) in [6.45, 7) is 4.22. The molecule has 0 unspecified atom stereocenters. The average molecular weight is 388 g/mol. The Morgan fingerprint density at radius 1 is 0.963 bits per heavy atom. The molecule has 1 aliphatic rings. The van der Waals surface area contributed by atoms with E-state index in [1.54, 1.807) is 12.1 Å². The van der Waals surface area contributed by atoms with E-state index in [0.717, 1.165) is 11.3 Å². The predicted octanol–water partition coefficient (Wildman–Crippen LogP) is 1.88. The van der Waals surface area contributed by atoms with Gasteiger partial charge in [-0.1, -0.05) is 36.4 Å². The number of carbonyl (C=O) groups is 1. The summed E-state index contributed by atoms with van der Waals surface area (Å²) in [5.74, 6) is -0.326. The van der Waals surface area contributed by atoms with Crippen LogP contribution in [-0.2, 0) is 10.0 Å². The Morgan fingerprint density at radius 2 is 1.59 bits per heavy atom. The number of benzene rings is 2. The molecule has 0 radical (unpaired) electrons. The van der Waals surface area contributed by atoms with Gasteiger partial charge in [0.15, 0.2) is 0 Å². The van der Waals surface area contributed by atoms with E-state index in [1.807, 2.05) is 49.4 Å². The highest BCUT2D eigenvalue weighted by Gasteiger charge is 2.26. The van der Waals surface area contributed by atoms with E-state index in [1.165, 1.54) is 4.31 Å². The summed E-state index contributed by atoms with van der Waals surface area (Å²) >= 11 is 0. The summed E-state index contributed by atoms with van der Waals surface area (Å²) in [5, 5.41) is 2.71. The second kappa shape index (κ2) is 8.54. The lowest BCUT2D eigenvalue weighted by Gasteiger charge is -2.35. The minimum atomic E-state index is -3.38. The summed E-state index contributed by atoms with van der Waals surface area (Å²) in [6, 6.07) is 17.3. The predicted molar refractivity (Wildman–Crippen MR) is 108 cm³/mol. The van der Waals surface area contributed by atoms with E-state index in [9.17, 15) is 13.2 Å². The lowest BCUT2D eigenvalue weighted by atomic mass is 10.1. The third kappa shape index (κ3) is 4.87. The van der Waals surface area contributed by atoms with Crippen LogP contribution in [0.4, 0.5) is 5.69 Å². The number of aryl methyl sites for hydroxylation is 1. The van der Waals surface area contributed by atoms with E-state index in [-0.39, 0.29) is 18.2 Å². The van der Waals surface area contributed by atoms with Crippen LogP contribution >= 0.6 is 0 Å². The van der Waals surface area contributed by atoms with Gasteiger partial charge in [0.2, 0.25) is 10.0 Å². The molecule has 0 aromatic heterocycles. The molecule has 0 spiro atoms. The molecule has 0 aliphatic carbocycles. The maximum Gasteiger partial charge on any atom is 0.251 e. The number of piperazine rings is 1. The lowest BCUT2D eigenvalue weighted by molar-refractivity contribution is 0.0955. The largest absolute Gasteiger partial charge is 0.369 e. The monoisotopic (exact) mass is 387 g/mol. The van der Waals surface area contributed by atoms with Gasteiger partial charge < -0.3 is 10.2 Å². The molecule has 1 aliphatic heterocycles. The molecule has 1 heterocycles. The maximum atomic E-state index is 12.6. The fourth-order valence-corrected chi connectivity index (χ4v) is 4.55. The Labute approximate surface area is 160 Å². The second-order valence-corrected chi connectivity index (χ2v) is 8.70. The first kappa shape index (κ1) is 19.4. The number of hydrogen-bond acceptors (Lipinski definition) is 4. The van der Waals surface area contributed by atoms with Crippen LogP contribution in [0.1, 0.15) is 15.9 Å². The Kier molecular flexibility index (Phi) is 6.13. The van der Waals surface area contributed by atoms with Gasteiger partial charge >= 0.3 is 0 Å². The second-order valence-electron chi connectivity index (χ2n) is 6.61. The number of carbonyl (C=O) groups excluding carboxylic acids is 1. The summed E-state index contributed by atoms with van der Waals surface area (Å²) in [5.41, 5.74) is 2.56. The van der Waals surface area contributed by atoms with Crippen LogP contribution < -0.4 is 10.2 Å². The van der Waals surface area contributed by atoms with Crippen LogP contribution in [-0.4, -0.2) is 57.1 Å². The minimum Gasteiger partial charge on any atom is -0.369 e. The van der Waals surface area contributed by atoms with Gasteiger partial charge in [-0.25, -0.2) is 8.42 Å². The highest BCUT2D eigenvalue weighted by atomic mass is 32.2. The Bertz CT molecular complexity index is 876. The molecule has 1 saturated heterocycles. The smallest absolute Gasteiger partial charge is 0.251 e. The maximum absolute atomic E-state index is 12.6. The van der Waals surface area contributed by atoms with Gasteiger partial charge in [-0.2, -0.15) is 4.31 Å². The van der Waals surface area contributed by atoms with Crippen molar-refractivity contribution in [3.8, 4) is 0 Å². The Balaban J connectivity index is 1.49. The van der Waals surface area contributed by atoms with Crippen molar-refractivity contribution in [2.45, 2.75) is 6.92 Å². The Morgan fingerprint density at radius 3 is 2.26 bits per heavy atom. The number of rotatable bonds is 6. The molecular formula is C20H25N3O3S. The van der Waals surface area contributed by atoms with E-state index in [2.05, 4.69) is 10.2 Å². The normalized spacial score (nSPS) is 15.5. The van der Waals surface area contributed by atoms with Gasteiger partial charge in [0, 0.05) is 44.0 Å². The molecule has 3 rings (SSSR count). The first-order chi connectivity index (χ1) is 13.0. The van der Waals surface area contributed by atoms with E-state index >= 15 is 0 Å². The van der Waals surface area contributed by atoms with Crippen LogP contribution in [0.3, 0.4) is 0 Å². The molecule has 2 aromatic carbocycles. The lowest BCUT2D eigenvalue weighted by Crippen LogP contribution is -2.50. The van der Waals surface area contributed by atoms with Gasteiger partial charge in [0.25, 0.3) is 5.91 Å². The van der Waals surface area contributed by atoms with E-state index in [0.29, 0.717) is 31.7 Å². The topological polar surface area (TPSA) is 69.7 Å². The van der Waals surface area contributed by atoms with Crippen LogP contribution in [0, 0.1) is 6.92 Å². The van der Waals surface area contributed by atoms with Crippen LogP contribution in [0.2, 0.25) is 0 Å². The average Bonchev–Trinajstić information content (AvgIpc) is 2.69. The summed E-state index contributed by atoms with van der Waals surface area (Å²) < 4.78 is 26.7. The number of nitrogens with one attached hydrogen (secondary N) is 1. The van der Waals surface area contributed by atoms with Crippen molar-refractivity contribution in [3.05, 3.63) is 65.7 Å². The first-order valence-corrected chi connectivity index (χ1v) is 10.7. The summed E-state index contributed by atoms with van der Waals surface area (Å²) in [7, 11) is -3.38. The zero-order chi connectivity index (χ0) is 19.3. The SMILES string of the molecule is Cc1ccccc1C(=O)NCCS(=O)(=O)N1CCN(c2ccccc2)CC1. The molecule has 0 bridgehead atoms. The van der Waals surface area contributed by atoms with Crippen molar-refractivity contribution in [1.29, 1.82) is 0 Å². The fraction of sp³-hybridized carbons (Fsp3) is 0.350. The van der Waals surface area contributed by atoms with Gasteiger partial charge in [0.05, 0.1) is 5.75 Å². The fourth-order valence-electron chi connectivity index (χ4n) is 3.21. The van der Waals surface area contributed by atoms with Gasteiger partial charge in [-0.3, -0.25) is 4.79 Å². The highest BCUT2D eigenvalue weighted by Crippen LogP contribution is 2.17. The van der Waals surface area contributed by atoms with Crippen molar-refractivity contribution in [3.63, 3.8) is 0 Å². The van der Waals surface area contributed by atoms with Gasteiger partial charge in [-0.15, -0.1) is 0 Å². The zero-order valence-electron chi connectivity index (χ0n) is 15.5. The number of anilines is 1. The third-order valence-electron chi connectivity index (χ3n) is 4.79. The van der Waals surface area contributed by atoms with Crippen molar-refractivity contribution in [2.24, 2.45) is 0 Å². The van der Waals surface area contributed by atoms with E-state index in [4.69, 9.17) is 0 Å². The molecule has 0 atom stereocenters. The first-order valence-electron chi connectivity index (χ1n) is 9.09. The molecule has 1 N–H and O–H groups in total. The molecule has 6 nitrogen and oxygen atoms in total.